The minimum absolute atomic E-state index is 0.638. The number of hydrogen-bond acceptors (Lipinski definition) is 2. The van der Waals surface area contributed by atoms with Gasteiger partial charge in [-0.1, -0.05) is 43.2 Å². The minimum Gasteiger partial charge on any atom is -0.381 e. The number of rotatable bonds is 4. The second kappa shape index (κ2) is 5.79. The van der Waals surface area contributed by atoms with Gasteiger partial charge in [0, 0.05) is 11.7 Å². The monoisotopic (exact) mass is 252 g/mol. The standard InChI is InChI=1S/C17H20N2/c1-2-8-14(9-3-1)18-16-12-6-7-13-17(16)19-15-10-4-5-11-15/h1-3,6-9,12-13,15,18-19H,4-5,10-11H2. The quantitative estimate of drug-likeness (QED) is 0.818. The van der Waals surface area contributed by atoms with Crippen LogP contribution in [-0.2, 0) is 0 Å². The summed E-state index contributed by atoms with van der Waals surface area (Å²) < 4.78 is 0. The van der Waals surface area contributed by atoms with Crippen LogP contribution in [0.1, 0.15) is 25.7 Å². The molecule has 19 heavy (non-hydrogen) atoms. The molecule has 0 aliphatic heterocycles. The van der Waals surface area contributed by atoms with Crippen LogP contribution >= 0.6 is 0 Å². The van der Waals surface area contributed by atoms with Crippen LogP contribution in [0.2, 0.25) is 0 Å². The lowest BCUT2D eigenvalue weighted by Gasteiger charge is -2.18. The van der Waals surface area contributed by atoms with E-state index in [1.165, 1.54) is 31.4 Å². The molecular formula is C17H20N2. The highest BCUT2D eigenvalue weighted by Gasteiger charge is 2.15. The second-order valence-corrected chi connectivity index (χ2v) is 5.16. The van der Waals surface area contributed by atoms with Gasteiger partial charge in [-0.3, -0.25) is 0 Å². The van der Waals surface area contributed by atoms with E-state index in [1.54, 1.807) is 0 Å². The van der Waals surface area contributed by atoms with Gasteiger partial charge in [0.15, 0.2) is 0 Å². The van der Waals surface area contributed by atoms with Crippen LogP contribution in [0, 0.1) is 0 Å². The Hall–Kier alpha value is -1.96. The Morgan fingerprint density at radius 2 is 1.37 bits per heavy atom. The zero-order chi connectivity index (χ0) is 12.9. The van der Waals surface area contributed by atoms with E-state index in [1.807, 2.05) is 6.07 Å². The molecule has 3 rings (SSSR count). The summed E-state index contributed by atoms with van der Waals surface area (Å²) in [6.07, 6.45) is 5.29. The smallest absolute Gasteiger partial charge is 0.0620 e. The van der Waals surface area contributed by atoms with Gasteiger partial charge in [0.1, 0.15) is 0 Å². The molecule has 1 aliphatic rings. The van der Waals surface area contributed by atoms with Crippen molar-refractivity contribution in [3.63, 3.8) is 0 Å². The molecule has 2 heteroatoms. The Morgan fingerprint density at radius 3 is 2.11 bits per heavy atom. The molecule has 0 amide bonds. The molecule has 0 atom stereocenters. The van der Waals surface area contributed by atoms with Gasteiger partial charge in [-0.15, -0.1) is 0 Å². The van der Waals surface area contributed by atoms with E-state index in [-0.39, 0.29) is 0 Å². The second-order valence-electron chi connectivity index (χ2n) is 5.16. The fourth-order valence-electron chi connectivity index (χ4n) is 2.69. The van der Waals surface area contributed by atoms with Crippen molar-refractivity contribution in [2.45, 2.75) is 31.7 Å². The summed E-state index contributed by atoms with van der Waals surface area (Å²) in [5.41, 5.74) is 3.49. The van der Waals surface area contributed by atoms with Crippen molar-refractivity contribution in [2.24, 2.45) is 0 Å². The Balaban J connectivity index is 1.77. The van der Waals surface area contributed by atoms with Gasteiger partial charge in [0.05, 0.1) is 11.4 Å². The first-order chi connectivity index (χ1) is 9.42. The third-order valence-electron chi connectivity index (χ3n) is 3.69. The van der Waals surface area contributed by atoms with E-state index in [2.05, 4.69) is 59.2 Å². The summed E-state index contributed by atoms with van der Waals surface area (Å²) >= 11 is 0. The molecule has 2 aromatic rings. The van der Waals surface area contributed by atoms with Crippen LogP contribution in [0.15, 0.2) is 54.6 Å². The van der Waals surface area contributed by atoms with Crippen molar-refractivity contribution in [1.82, 2.24) is 0 Å². The highest BCUT2D eigenvalue weighted by Crippen LogP contribution is 2.29. The molecule has 0 aromatic heterocycles. The number of hydrogen-bond donors (Lipinski definition) is 2. The molecule has 0 bridgehead atoms. The molecule has 2 N–H and O–H groups in total. The molecule has 2 aromatic carbocycles. The van der Waals surface area contributed by atoms with Crippen LogP contribution < -0.4 is 10.6 Å². The van der Waals surface area contributed by atoms with Crippen LogP contribution in [-0.4, -0.2) is 6.04 Å². The van der Waals surface area contributed by atoms with E-state index in [0.29, 0.717) is 6.04 Å². The lowest BCUT2D eigenvalue weighted by atomic mass is 10.2. The first kappa shape index (κ1) is 12.1. The van der Waals surface area contributed by atoms with E-state index >= 15 is 0 Å². The summed E-state index contributed by atoms with van der Waals surface area (Å²) in [6.45, 7) is 0. The van der Waals surface area contributed by atoms with Crippen LogP contribution in [0.5, 0.6) is 0 Å². The van der Waals surface area contributed by atoms with Crippen LogP contribution in [0.4, 0.5) is 17.1 Å². The van der Waals surface area contributed by atoms with Gasteiger partial charge in [0.2, 0.25) is 0 Å². The third-order valence-corrected chi connectivity index (χ3v) is 3.69. The SMILES string of the molecule is c1ccc(Nc2ccccc2NC2CCCC2)cc1. The van der Waals surface area contributed by atoms with Crippen molar-refractivity contribution in [1.29, 1.82) is 0 Å². The van der Waals surface area contributed by atoms with Crippen LogP contribution in [0.3, 0.4) is 0 Å². The summed E-state index contributed by atoms with van der Waals surface area (Å²) in [4.78, 5) is 0. The highest BCUT2D eigenvalue weighted by atomic mass is 15.0. The van der Waals surface area contributed by atoms with Crippen LogP contribution in [0.25, 0.3) is 0 Å². The maximum absolute atomic E-state index is 3.67. The Kier molecular flexibility index (Phi) is 3.68. The zero-order valence-electron chi connectivity index (χ0n) is 11.1. The van der Waals surface area contributed by atoms with Gasteiger partial charge < -0.3 is 10.6 Å². The number of para-hydroxylation sites is 3. The summed E-state index contributed by atoms with van der Waals surface area (Å²) in [6, 6.07) is 19.4. The molecule has 0 unspecified atom stereocenters. The van der Waals surface area contributed by atoms with E-state index < -0.39 is 0 Å². The topological polar surface area (TPSA) is 24.1 Å². The molecule has 0 radical (unpaired) electrons. The van der Waals surface area contributed by atoms with Gasteiger partial charge in [0.25, 0.3) is 0 Å². The maximum Gasteiger partial charge on any atom is 0.0620 e. The summed E-state index contributed by atoms with van der Waals surface area (Å²) in [5.74, 6) is 0. The molecule has 0 spiro atoms. The molecule has 1 aliphatic carbocycles. The molecule has 1 saturated carbocycles. The molecule has 0 saturated heterocycles. The number of nitrogens with one attached hydrogen (secondary N) is 2. The fourth-order valence-corrected chi connectivity index (χ4v) is 2.69. The van der Waals surface area contributed by atoms with E-state index in [9.17, 15) is 0 Å². The summed E-state index contributed by atoms with van der Waals surface area (Å²) in [5, 5.41) is 7.15. The zero-order valence-corrected chi connectivity index (χ0v) is 11.1. The van der Waals surface area contributed by atoms with Crippen molar-refractivity contribution < 1.29 is 0 Å². The Labute approximate surface area is 114 Å². The van der Waals surface area contributed by atoms with E-state index in [4.69, 9.17) is 0 Å². The predicted octanol–water partition coefficient (Wildman–Crippen LogP) is 4.78. The molecular weight excluding hydrogens is 232 g/mol. The first-order valence-corrected chi connectivity index (χ1v) is 7.09. The van der Waals surface area contributed by atoms with Gasteiger partial charge in [-0.2, -0.15) is 0 Å². The maximum atomic E-state index is 3.67. The minimum atomic E-state index is 0.638. The van der Waals surface area contributed by atoms with Crippen molar-refractivity contribution in [3.05, 3.63) is 54.6 Å². The molecule has 1 fully saturated rings. The average Bonchev–Trinajstić information content (AvgIpc) is 2.95. The first-order valence-electron chi connectivity index (χ1n) is 7.09. The van der Waals surface area contributed by atoms with Gasteiger partial charge in [-0.05, 0) is 37.1 Å². The van der Waals surface area contributed by atoms with Crippen molar-refractivity contribution >= 4 is 17.1 Å². The predicted molar refractivity (Wildman–Crippen MR) is 82.0 cm³/mol. The summed E-state index contributed by atoms with van der Waals surface area (Å²) in [7, 11) is 0. The third kappa shape index (κ3) is 3.08. The number of benzene rings is 2. The number of anilines is 3. The largest absolute Gasteiger partial charge is 0.381 e. The Morgan fingerprint density at radius 1 is 0.737 bits per heavy atom. The Bertz CT molecular complexity index is 516. The van der Waals surface area contributed by atoms with Crippen molar-refractivity contribution in [3.8, 4) is 0 Å². The highest BCUT2D eigenvalue weighted by molar-refractivity contribution is 5.74. The lowest BCUT2D eigenvalue weighted by molar-refractivity contribution is 0.756. The van der Waals surface area contributed by atoms with Gasteiger partial charge in [-0.25, -0.2) is 0 Å². The fraction of sp³-hybridized carbons (Fsp3) is 0.294. The molecule has 98 valence electrons. The van der Waals surface area contributed by atoms with Crippen molar-refractivity contribution in [2.75, 3.05) is 10.6 Å². The van der Waals surface area contributed by atoms with Gasteiger partial charge >= 0.3 is 0 Å². The molecule has 2 nitrogen and oxygen atoms in total. The molecule has 0 heterocycles. The van der Waals surface area contributed by atoms with E-state index in [0.717, 1.165) is 11.4 Å². The normalized spacial score (nSPS) is 15.4. The lowest BCUT2D eigenvalue weighted by Crippen LogP contribution is -2.15. The average molecular weight is 252 g/mol.